The maximum atomic E-state index is 12.6. The van der Waals surface area contributed by atoms with E-state index in [1.54, 1.807) is 0 Å². The molecule has 4 heteroatoms. The molecule has 2 rings (SSSR count). The molecule has 0 spiro atoms. The van der Waals surface area contributed by atoms with Crippen molar-refractivity contribution in [3.05, 3.63) is 29.8 Å². The van der Waals surface area contributed by atoms with Gasteiger partial charge in [-0.1, -0.05) is 6.07 Å². The highest BCUT2D eigenvalue weighted by Crippen LogP contribution is 2.19. The molecule has 0 atom stereocenters. The molecule has 0 saturated carbocycles. The van der Waals surface area contributed by atoms with E-state index in [1.807, 2.05) is 48.2 Å². The van der Waals surface area contributed by atoms with Crippen LogP contribution in [0.2, 0.25) is 0 Å². The monoisotopic (exact) mass is 290 g/mol. The molecule has 116 valence electrons. The Hall–Kier alpha value is -1.55. The van der Waals surface area contributed by atoms with Gasteiger partial charge < -0.3 is 14.5 Å². The smallest absolute Gasteiger partial charge is 0.253 e. The van der Waals surface area contributed by atoms with Crippen molar-refractivity contribution in [1.82, 2.24) is 4.90 Å². The highest BCUT2D eigenvalue weighted by molar-refractivity contribution is 5.95. The molecule has 0 N–H and O–H groups in total. The molecular formula is C17H26N2O2. The molecule has 1 heterocycles. The number of nitrogens with zero attached hydrogens (tertiary/aromatic N) is 2. The second kappa shape index (κ2) is 6.94. The van der Waals surface area contributed by atoms with Gasteiger partial charge in [0.05, 0.1) is 12.2 Å². The maximum absolute atomic E-state index is 12.6. The topological polar surface area (TPSA) is 32.8 Å². The molecule has 1 fully saturated rings. The average Bonchev–Trinajstić information content (AvgIpc) is 2.47. The van der Waals surface area contributed by atoms with Gasteiger partial charge in [0.1, 0.15) is 0 Å². The number of likely N-dealkylation sites (tertiary alicyclic amines) is 1. The van der Waals surface area contributed by atoms with E-state index in [0.717, 1.165) is 37.2 Å². The summed E-state index contributed by atoms with van der Waals surface area (Å²) in [6.45, 7) is 5.68. The molecule has 1 saturated heterocycles. The molecule has 4 nitrogen and oxygen atoms in total. The van der Waals surface area contributed by atoms with Crippen molar-refractivity contribution in [2.24, 2.45) is 0 Å². The van der Waals surface area contributed by atoms with Gasteiger partial charge in [0, 0.05) is 38.4 Å². The summed E-state index contributed by atoms with van der Waals surface area (Å²) >= 11 is 0. The van der Waals surface area contributed by atoms with E-state index in [2.05, 4.69) is 13.8 Å². The van der Waals surface area contributed by atoms with Crippen LogP contribution < -0.4 is 4.90 Å². The Morgan fingerprint density at radius 3 is 2.52 bits per heavy atom. The minimum absolute atomic E-state index is 0.127. The van der Waals surface area contributed by atoms with Gasteiger partial charge in [-0.2, -0.15) is 0 Å². The van der Waals surface area contributed by atoms with E-state index in [4.69, 9.17) is 4.74 Å². The standard InChI is InChI=1S/C17H26N2O2/c1-13(2)21-16-8-10-19(11-9-16)17(20)14-6-5-7-15(12-14)18(3)4/h5-7,12-13,16H,8-11H2,1-4H3. The number of ether oxygens (including phenoxy) is 1. The zero-order valence-corrected chi connectivity index (χ0v) is 13.5. The third kappa shape index (κ3) is 4.21. The molecule has 1 aliphatic heterocycles. The highest BCUT2D eigenvalue weighted by atomic mass is 16.5. The summed E-state index contributed by atoms with van der Waals surface area (Å²) in [6, 6.07) is 7.81. The van der Waals surface area contributed by atoms with Crippen molar-refractivity contribution >= 4 is 11.6 Å². The Morgan fingerprint density at radius 2 is 1.95 bits per heavy atom. The van der Waals surface area contributed by atoms with Crippen LogP contribution in [-0.4, -0.2) is 50.2 Å². The lowest BCUT2D eigenvalue weighted by Gasteiger charge is -2.33. The van der Waals surface area contributed by atoms with Crippen LogP contribution >= 0.6 is 0 Å². The van der Waals surface area contributed by atoms with Crippen molar-refractivity contribution in [3.8, 4) is 0 Å². The van der Waals surface area contributed by atoms with E-state index in [-0.39, 0.29) is 12.0 Å². The lowest BCUT2D eigenvalue weighted by molar-refractivity contribution is -0.0236. The van der Waals surface area contributed by atoms with Crippen LogP contribution in [0.1, 0.15) is 37.0 Å². The fourth-order valence-corrected chi connectivity index (χ4v) is 2.68. The van der Waals surface area contributed by atoms with Gasteiger partial charge in [0.2, 0.25) is 0 Å². The Kier molecular flexibility index (Phi) is 5.23. The number of piperidine rings is 1. The van der Waals surface area contributed by atoms with Crippen molar-refractivity contribution in [1.29, 1.82) is 0 Å². The van der Waals surface area contributed by atoms with Crippen LogP contribution in [0.3, 0.4) is 0 Å². The second-order valence-electron chi connectivity index (χ2n) is 6.12. The summed E-state index contributed by atoms with van der Waals surface area (Å²) < 4.78 is 5.83. The molecule has 21 heavy (non-hydrogen) atoms. The van der Waals surface area contributed by atoms with E-state index in [1.165, 1.54) is 0 Å². The molecular weight excluding hydrogens is 264 g/mol. The molecule has 1 aliphatic rings. The Morgan fingerprint density at radius 1 is 1.29 bits per heavy atom. The van der Waals surface area contributed by atoms with Gasteiger partial charge >= 0.3 is 0 Å². The number of anilines is 1. The summed E-state index contributed by atoms with van der Waals surface area (Å²) in [5.74, 6) is 0.127. The summed E-state index contributed by atoms with van der Waals surface area (Å²) in [6.07, 6.45) is 2.41. The van der Waals surface area contributed by atoms with Gasteiger partial charge in [-0.05, 0) is 44.9 Å². The molecule has 1 amide bonds. The number of hydrogen-bond acceptors (Lipinski definition) is 3. The number of carbonyl (C=O) groups is 1. The van der Waals surface area contributed by atoms with Gasteiger partial charge in [-0.15, -0.1) is 0 Å². The Labute approximate surface area is 127 Å². The van der Waals surface area contributed by atoms with Crippen molar-refractivity contribution in [2.75, 3.05) is 32.1 Å². The fraction of sp³-hybridized carbons (Fsp3) is 0.588. The van der Waals surface area contributed by atoms with E-state index in [9.17, 15) is 4.79 Å². The van der Waals surface area contributed by atoms with Crippen molar-refractivity contribution in [3.63, 3.8) is 0 Å². The molecule has 1 aromatic rings. The van der Waals surface area contributed by atoms with Crippen LogP contribution in [0.15, 0.2) is 24.3 Å². The number of benzene rings is 1. The molecule has 0 unspecified atom stereocenters. The molecule has 1 aromatic carbocycles. The maximum Gasteiger partial charge on any atom is 0.253 e. The summed E-state index contributed by atoms with van der Waals surface area (Å²) in [4.78, 5) is 16.5. The zero-order chi connectivity index (χ0) is 15.4. The normalized spacial score (nSPS) is 16.3. The summed E-state index contributed by atoms with van der Waals surface area (Å²) in [5.41, 5.74) is 1.82. The zero-order valence-electron chi connectivity index (χ0n) is 13.5. The highest BCUT2D eigenvalue weighted by Gasteiger charge is 2.24. The predicted molar refractivity (Wildman–Crippen MR) is 85.9 cm³/mol. The predicted octanol–water partition coefficient (Wildman–Crippen LogP) is 2.78. The lowest BCUT2D eigenvalue weighted by Crippen LogP contribution is -2.41. The minimum Gasteiger partial charge on any atom is -0.378 e. The molecule has 0 radical (unpaired) electrons. The first-order valence-electron chi connectivity index (χ1n) is 7.69. The van der Waals surface area contributed by atoms with Crippen LogP contribution in [-0.2, 0) is 4.74 Å². The lowest BCUT2D eigenvalue weighted by atomic mass is 10.1. The third-order valence-corrected chi connectivity index (χ3v) is 3.80. The van der Waals surface area contributed by atoms with Gasteiger partial charge in [-0.25, -0.2) is 0 Å². The number of carbonyl (C=O) groups excluding carboxylic acids is 1. The van der Waals surface area contributed by atoms with Crippen LogP contribution in [0.4, 0.5) is 5.69 Å². The minimum atomic E-state index is 0.127. The quantitative estimate of drug-likeness (QED) is 0.855. The number of hydrogen-bond donors (Lipinski definition) is 0. The first kappa shape index (κ1) is 15.8. The van der Waals surface area contributed by atoms with Gasteiger partial charge in [-0.3, -0.25) is 4.79 Å². The average molecular weight is 290 g/mol. The van der Waals surface area contributed by atoms with Crippen molar-refractivity contribution in [2.45, 2.75) is 38.9 Å². The fourth-order valence-electron chi connectivity index (χ4n) is 2.68. The van der Waals surface area contributed by atoms with Gasteiger partial charge in [0.25, 0.3) is 5.91 Å². The summed E-state index contributed by atoms with van der Waals surface area (Å²) in [7, 11) is 3.97. The first-order chi connectivity index (χ1) is 9.97. The van der Waals surface area contributed by atoms with Crippen molar-refractivity contribution < 1.29 is 9.53 Å². The third-order valence-electron chi connectivity index (χ3n) is 3.80. The largest absolute Gasteiger partial charge is 0.378 e. The van der Waals surface area contributed by atoms with Crippen LogP contribution in [0.5, 0.6) is 0 Å². The van der Waals surface area contributed by atoms with E-state index < -0.39 is 0 Å². The van der Waals surface area contributed by atoms with Crippen LogP contribution in [0.25, 0.3) is 0 Å². The molecule has 0 bridgehead atoms. The Bertz CT molecular complexity index is 477. The molecule has 0 aromatic heterocycles. The van der Waals surface area contributed by atoms with Crippen LogP contribution in [0, 0.1) is 0 Å². The SMILES string of the molecule is CC(C)OC1CCN(C(=O)c2cccc(N(C)C)c2)CC1. The molecule has 0 aliphatic carbocycles. The first-order valence-corrected chi connectivity index (χ1v) is 7.69. The van der Waals surface area contributed by atoms with Gasteiger partial charge in [0.15, 0.2) is 0 Å². The second-order valence-corrected chi connectivity index (χ2v) is 6.12. The Balaban J connectivity index is 1.97. The summed E-state index contributed by atoms with van der Waals surface area (Å²) in [5, 5.41) is 0. The number of amides is 1. The number of rotatable bonds is 4. The van der Waals surface area contributed by atoms with E-state index in [0.29, 0.717) is 6.10 Å². The van der Waals surface area contributed by atoms with E-state index >= 15 is 0 Å².